The predicted molar refractivity (Wildman–Crippen MR) is 91.2 cm³/mol. The summed E-state index contributed by atoms with van der Waals surface area (Å²) < 4.78 is 1.57. The number of carbonyl (C=O) groups excluding carboxylic acids is 2. The number of carbonyl (C=O) groups is 2. The summed E-state index contributed by atoms with van der Waals surface area (Å²) in [6.45, 7) is 4.05. The van der Waals surface area contributed by atoms with Gasteiger partial charge in [-0.05, 0) is 46.5 Å². The van der Waals surface area contributed by atoms with Crippen LogP contribution in [0.15, 0.2) is 27.1 Å². The average molecular weight is 420 g/mol. The minimum atomic E-state index is -0.511. The Morgan fingerprint density at radius 2 is 1.86 bits per heavy atom. The maximum absolute atomic E-state index is 12.4. The highest BCUT2D eigenvalue weighted by atomic mass is 79.9. The molecule has 0 saturated heterocycles. The largest absolute Gasteiger partial charge is 0.347 e. The Bertz CT molecular complexity index is 530. The van der Waals surface area contributed by atoms with Crippen LogP contribution < -0.4 is 5.32 Å². The Morgan fingerprint density at radius 1 is 1.24 bits per heavy atom. The van der Waals surface area contributed by atoms with Crippen molar-refractivity contribution in [3.8, 4) is 0 Å². The molecule has 0 saturated carbocycles. The Balaban J connectivity index is 2.92. The molecule has 0 aliphatic rings. The first-order valence-electron chi connectivity index (χ1n) is 6.69. The van der Waals surface area contributed by atoms with E-state index < -0.39 is 6.04 Å². The molecule has 4 nitrogen and oxygen atoms in total. The molecular formula is C15H20Br2N2O2. The standard InChI is InChI=1S/C15H20Br2N2O2/c1-9(2)7-13(15(21)19(3)4)18-14(20)11-6-5-10(16)8-12(11)17/h5-6,8-9,13H,7H2,1-4H3,(H,18,20). The van der Waals surface area contributed by atoms with E-state index in [1.54, 1.807) is 32.3 Å². The topological polar surface area (TPSA) is 49.4 Å². The lowest BCUT2D eigenvalue weighted by atomic mass is 10.0. The van der Waals surface area contributed by atoms with Crippen LogP contribution in [0.2, 0.25) is 0 Å². The molecule has 0 bridgehead atoms. The molecule has 0 spiro atoms. The van der Waals surface area contributed by atoms with Crippen LogP contribution in [0, 0.1) is 5.92 Å². The fourth-order valence-electron chi connectivity index (χ4n) is 1.91. The first-order chi connectivity index (χ1) is 9.72. The second-order valence-electron chi connectivity index (χ2n) is 5.51. The van der Waals surface area contributed by atoms with Crippen molar-refractivity contribution in [2.24, 2.45) is 5.92 Å². The smallest absolute Gasteiger partial charge is 0.253 e. The second-order valence-corrected chi connectivity index (χ2v) is 7.28. The van der Waals surface area contributed by atoms with Crippen molar-refractivity contribution in [3.05, 3.63) is 32.7 Å². The van der Waals surface area contributed by atoms with Crippen LogP contribution in [-0.2, 0) is 4.79 Å². The first-order valence-corrected chi connectivity index (χ1v) is 8.28. The van der Waals surface area contributed by atoms with Gasteiger partial charge in [-0.2, -0.15) is 0 Å². The van der Waals surface area contributed by atoms with Crippen LogP contribution in [0.25, 0.3) is 0 Å². The number of halogens is 2. The quantitative estimate of drug-likeness (QED) is 0.794. The van der Waals surface area contributed by atoms with Gasteiger partial charge in [0.2, 0.25) is 5.91 Å². The summed E-state index contributed by atoms with van der Waals surface area (Å²) >= 11 is 6.72. The van der Waals surface area contributed by atoms with Crippen LogP contribution >= 0.6 is 31.9 Å². The molecule has 1 rings (SSSR count). The zero-order valence-corrected chi connectivity index (χ0v) is 15.8. The van der Waals surface area contributed by atoms with Gasteiger partial charge in [0, 0.05) is 23.0 Å². The molecule has 0 radical (unpaired) electrons. The molecule has 6 heteroatoms. The van der Waals surface area contributed by atoms with Gasteiger partial charge in [-0.15, -0.1) is 0 Å². The summed E-state index contributed by atoms with van der Waals surface area (Å²) in [5.41, 5.74) is 0.513. The minimum Gasteiger partial charge on any atom is -0.347 e. The Kier molecular flexibility index (Phi) is 6.87. The number of nitrogens with zero attached hydrogens (tertiary/aromatic N) is 1. The van der Waals surface area contributed by atoms with Gasteiger partial charge in [-0.25, -0.2) is 0 Å². The van der Waals surface area contributed by atoms with Gasteiger partial charge in [-0.1, -0.05) is 29.8 Å². The molecule has 1 atom stereocenters. The number of amides is 2. The molecule has 0 aromatic heterocycles. The maximum Gasteiger partial charge on any atom is 0.253 e. The lowest BCUT2D eigenvalue weighted by molar-refractivity contribution is -0.131. The third-order valence-electron chi connectivity index (χ3n) is 2.93. The Hall–Kier alpha value is -0.880. The summed E-state index contributed by atoms with van der Waals surface area (Å²) in [6, 6.07) is 4.81. The van der Waals surface area contributed by atoms with Gasteiger partial charge in [0.05, 0.1) is 5.56 Å². The van der Waals surface area contributed by atoms with Gasteiger partial charge in [0.15, 0.2) is 0 Å². The van der Waals surface area contributed by atoms with Crippen LogP contribution in [-0.4, -0.2) is 36.9 Å². The number of likely N-dealkylation sites (N-methyl/N-ethyl adjacent to an activating group) is 1. The predicted octanol–water partition coefficient (Wildman–Crippen LogP) is 3.44. The molecule has 2 amide bonds. The van der Waals surface area contributed by atoms with Crippen molar-refractivity contribution in [1.82, 2.24) is 10.2 Å². The van der Waals surface area contributed by atoms with E-state index in [0.29, 0.717) is 22.4 Å². The number of rotatable bonds is 5. The van der Waals surface area contributed by atoms with E-state index in [-0.39, 0.29) is 11.8 Å². The zero-order valence-electron chi connectivity index (χ0n) is 12.6. The molecule has 0 heterocycles. The zero-order chi connectivity index (χ0) is 16.2. The van der Waals surface area contributed by atoms with E-state index in [2.05, 4.69) is 37.2 Å². The minimum absolute atomic E-state index is 0.0923. The Labute approximate surface area is 142 Å². The number of hydrogen-bond donors (Lipinski definition) is 1. The van der Waals surface area contributed by atoms with Gasteiger partial charge in [-0.3, -0.25) is 9.59 Å². The molecule has 0 aliphatic heterocycles. The summed E-state index contributed by atoms with van der Waals surface area (Å²) in [5, 5.41) is 2.83. The Morgan fingerprint density at radius 3 is 2.33 bits per heavy atom. The summed E-state index contributed by atoms with van der Waals surface area (Å²) in [4.78, 5) is 26.0. The monoisotopic (exact) mass is 418 g/mol. The molecule has 21 heavy (non-hydrogen) atoms. The van der Waals surface area contributed by atoms with Crippen LogP contribution in [0.3, 0.4) is 0 Å². The molecule has 1 aromatic carbocycles. The van der Waals surface area contributed by atoms with Gasteiger partial charge < -0.3 is 10.2 Å². The maximum atomic E-state index is 12.4. The van der Waals surface area contributed by atoms with Crippen LogP contribution in [0.5, 0.6) is 0 Å². The number of benzene rings is 1. The van der Waals surface area contributed by atoms with E-state index in [9.17, 15) is 9.59 Å². The molecule has 1 N–H and O–H groups in total. The highest BCUT2D eigenvalue weighted by Crippen LogP contribution is 2.22. The van der Waals surface area contributed by atoms with Crippen molar-refractivity contribution in [2.75, 3.05) is 14.1 Å². The van der Waals surface area contributed by atoms with Crippen LogP contribution in [0.4, 0.5) is 0 Å². The highest BCUT2D eigenvalue weighted by Gasteiger charge is 2.24. The van der Waals surface area contributed by atoms with E-state index in [1.807, 2.05) is 13.8 Å². The lowest BCUT2D eigenvalue weighted by Gasteiger charge is -2.23. The van der Waals surface area contributed by atoms with Gasteiger partial charge >= 0.3 is 0 Å². The van der Waals surface area contributed by atoms with Crippen molar-refractivity contribution in [2.45, 2.75) is 26.3 Å². The molecule has 1 aromatic rings. The van der Waals surface area contributed by atoms with E-state index in [1.165, 1.54) is 4.90 Å². The van der Waals surface area contributed by atoms with Crippen molar-refractivity contribution >= 4 is 43.7 Å². The van der Waals surface area contributed by atoms with Crippen molar-refractivity contribution < 1.29 is 9.59 Å². The fourth-order valence-corrected chi connectivity index (χ4v) is 3.14. The van der Waals surface area contributed by atoms with E-state index in [0.717, 1.165) is 4.47 Å². The third-order valence-corrected chi connectivity index (χ3v) is 4.08. The highest BCUT2D eigenvalue weighted by molar-refractivity contribution is 9.11. The molecule has 0 aliphatic carbocycles. The second kappa shape index (κ2) is 7.94. The fraction of sp³-hybridized carbons (Fsp3) is 0.467. The van der Waals surface area contributed by atoms with Crippen molar-refractivity contribution in [3.63, 3.8) is 0 Å². The van der Waals surface area contributed by atoms with Crippen LogP contribution in [0.1, 0.15) is 30.6 Å². The number of hydrogen-bond acceptors (Lipinski definition) is 2. The van der Waals surface area contributed by atoms with Gasteiger partial charge in [0.25, 0.3) is 5.91 Å². The molecule has 1 unspecified atom stereocenters. The van der Waals surface area contributed by atoms with Crippen molar-refractivity contribution in [1.29, 1.82) is 0 Å². The summed E-state index contributed by atoms with van der Waals surface area (Å²) in [6.07, 6.45) is 0.608. The van der Waals surface area contributed by atoms with E-state index >= 15 is 0 Å². The van der Waals surface area contributed by atoms with Gasteiger partial charge in [0.1, 0.15) is 6.04 Å². The van der Waals surface area contributed by atoms with E-state index in [4.69, 9.17) is 0 Å². The lowest BCUT2D eigenvalue weighted by Crippen LogP contribution is -2.47. The molecular weight excluding hydrogens is 400 g/mol. The average Bonchev–Trinajstić information content (AvgIpc) is 2.36. The summed E-state index contributed by atoms with van der Waals surface area (Å²) in [5.74, 6) is -0.0342. The molecule has 0 fully saturated rings. The molecule has 116 valence electrons. The SMILES string of the molecule is CC(C)CC(NC(=O)c1ccc(Br)cc1Br)C(=O)N(C)C. The first kappa shape index (κ1) is 18.2. The summed E-state index contributed by atoms with van der Waals surface area (Å²) in [7, 11) is 3.38. The normalized spacial score (nSPS) is 12.1. The number of nitrogens with one attached hydrogen (secondary N) is 1. The third kappa shape index (κ3) is 5.43.